The van der Waals surface area contributed by atoms with Crippen molar-refractivity contribution in [1.82, 2.24) is 10.6 Å². The summed E-state index contributed by atoms with van der Waals surface area (Å²) in [6, 6.07) is 16.6. The van der Waals surface area contributed by atoms with Crippen molar-refractivity contribution in [3.05, 3.63) is 60.2 Å². The molecule has 0 aliphatic heterocycles. The van der Waals surface area contributed by atoms with Crippen molar-refractivity contribution in [2.24, 2.45) is 0 Å². The molecule has 27 heavy (non-hydrogen) atoms. The molecule has 142 valence electrons. The summed E-state index contributed by atoms with van der Waals surface area (Å²) in [4.78, 5) is 35.9. The highest BCUT2D eigenvalue weighted by atomic mass is 32.2. The molecular weight excluding hydrogens is 362 g/mol. The summed E-state index contributed by atoms with van der Waals surface area (Å²) < 4.78 is 0. The maximum Gasteiger partial charge on any atom is 0.251 e. The molecule has 0 unspecified atom stereocenters. The minimum absolute atomic E-state index is 0.0639. The summed E-state index contributed by atoms with van der Waals surface area (Å²) in [7, 11) is 0. The van der Waals surface area contributed by atoms with Crippen LogP contribution < -0.4 is 16.0 Å². The topological polar surface area (TPSA) is 87.3 Å². The standard InChI is InChI=1S/C20H23N3O3S/c1-15(24)21-12-13-22-20(26)16-7-9-17(10-8-16)23-19(25)11-14-27-18-5-3-2-4-6-18/h2-10H,11-14H2,1H3,(H,21,24)(H,22,26)(H,23,25). The molecule has 2 rings (SSSR count). The summed E-state index contributed by atoms with van der Waals surface area (Å²) in [6.07, 6.45) is 0.408. The SMILES string of the molecule is CC(=O)NCCNC(=O)c1ccc(NC(=O)CCSc2ccccc2)cc1. The fourth-order valence-electron chi connectivity index (χ4n) is 2.22. The minimum atomic E-state index is -0.225. The molecule has 0 saturated carbocycles. The number of hydrogen-bond donors (Lipinski definition) is 3. The summed E-state index contributed by atoms with van der Waals surface area (Å²) in [5.41, 5.74) is 1.15. The van der Waals surface area contributed by atoms with Crippen LogP contribution in [-0.2, 0) is 9.59 Å². The first kappa shape index (κ1) is 20.5. The molecule has 0 bridgehead atoms. The number of carbonyl (C=O) groups excluding carboxylic acids is 3. The highest BCUT2D eigenvalue weighted by molar-refractivity contribution is 7.99. The fraction of sp³-hybridized carbons (Fsp3) is 0.250. The van der Waals surface area contributed by atoms with Crippen LogP contribution in [-0.4, -0.2) is 36.6 Å². The predicted octanol–water partition coefficient (Wildman–Crippen LogP) is 2.67. The van der Waals surface area contributed by atoms with Crippen LogP contribution in [0.2, 0.25) is 0 Å². The second-order valence-electron chi connectivity index (χ2n) is 5.78. The van der Waals surface area contributed by atoms with Crippen molar-refractivity contribution in [3.63, 3.8) is 0 Å². The van der Waals surface area contributed by atoms with Gasteiger partial charge in [-0.3, -0.25) is 14.4 Å². The molecule has 0 atom stereocenters. The largest absolute Gasteiger partial charge is 0.355 e. The number of rotatable bonds is 9. The lowest BCUT2D eigenvalue weighted by atomic mass is 10.2. The Kier molecular flexibility index (Phi) is 8.38. The zero-order valence-corrected chi connectivity index (χ0v) is 16.0. The van der Waals surface area contributed by atoms with Crippen LogP contribution in [0, 0.1) is 0 Å². The molecule has 2 aromatic carbocycles. The van der Waals surface area contributed by atoms with Crippen molar-refractivity contribution in [1.29, 1.82) is 0 Å². The van der Waals surface area contributed by atoms with Crippen LogP contribution in [0.15, 0.2) is 59.5 Å². The normalized spacial score (nSPS) is 10.1. The van der Waals surface area contributed by atoms with Gasteiger partial charge in [-0.15, -0.1) is 11.8 Å². The highest BCUT2D eigenvalue weighted by Gasteiger charge is 2.07. The third-order valence-electron chi connectivity index (χ3n) is 3.56. The summed E-state index contributed by atoms with van der Waals surface area (Å²) in [6.45, 7) is 2.17. The van der Waals surface area contributed by atoms with Crippen LogP contribution in [0.5, 0.6) is 0 Å². The minimum Gasteiger partial charge on any atom is -0.355 e. The third kappa shape index (κ3) is 7.96. The summed E-state index contributed by atoms with van der Waals surface area (Å²) in [5.74, 6) is 0.278. The van der Waals surface area contributed by atoms with Gasteiger partial charge in [0.05, 0.1) is 0 Å². The van der Waals surface area contributed by atoms with Crippen LogP contribution >= 0.6 is 11.8 Å². The number of thioether (sulfide) groups is 1. The van der Waals surface area contributed by atoms with Gasteiger partial charge in [-0.05, 0) is 36.4 Å². The van der Waals surface area contributed by atoms with Crippen molar-refractivity contribution < 1.29 is 14.4 Å². The summed E-state index contributed by atoms with van der Waals surface area (Å²) >= 11 is 1.64. The van der Waals surface area contributed by atoms with E-state index in [4.69, 9.17) is 0 Å². The van der Waals surface area contributed by atoms with Crippen LogP contribution in [0.3, 0.4) is 0 Å². The Hall–Kier alpha value is -2.80. The van der Waals surface area contributed by atoms with E-state index in [9.17, 15) is 14.4 Å². The smallest absolute Gasteiger partial charge is 0.251 e. The van der Waals surface area contributed by atoms with E-state index >= 15 is 0 Å². The lowest BCUT2D eigenvalue weighted by Crippen LogP contribution is -2.33. The molecule has 3 amide bonds. The summed E-state index contributed by atoms with van der Waals surface area (Å²) in [5, 5.41) is 8.15. The highest BCUT2D eigenvalue weighted by Crippen LogP contribution is 2.18. The Morgan fingerprint density at radius 3 is 2.22 bits per heavy atom. The molecule has 0 heterocycles. The molecule has 6 nitrogen and oxygen atoms in total. The van der Waals surface area contributed by atoms with E-state index in [1.165, 1.54) is 6.92 Å². The third-order valence-corrected chi connectivity index (χ3v) is 4.57. The van der Waals surface area contributed by atoms with Gasteiger partial charge in [-0.1, -0.05) is 18.2 Å². The molecular formula is C20H23N3O3S. The van der Waals surface area contributed by atoms with E-state index in [1.807, 2.05) is 30.3 Å². The van der Waals surface area contributed by atoms with E-state index in [-0.39, 0.29) is 17.7 Å². The number of hydrogen-bond acceptors (Lipinski definition) is 4. The lowest BCUT2D eigenvalue weighted by molar-refractivity contribution is -0.119. The number of carbonyl (C=O) groups is 3. The van der Waals surface area contributed by atoms with Gasteiger partial charge in [0.1, 0.15) is 0 Å². The molecule has 0 aliphatic rings. The molecule has 3 N–H and O–H groups in total. The van der Waals surface area contributed by atoms with Gasteiger partial charge < -0.3 is 16.0 Å². The zero-order chi connectivity index (χ0) is 19.5. The maximum atomic E-state index is 12.0. The number of anilines is 1. The van der Waals surface area contributed by atoms with Gasteiger partial charge in [0.2, 0.25) is 11.8 Å². The Labute approximate surface area is 163 Å². The molecule has 0 saturated heterocycles. The Morgan fingerprint density at radius 2 is 1.56 bits per heavy atom. The molecule has 0 aromatic heterocycles. The predicted molar refractivity (Wildman–Crippen MR) is 108 cm³/mol. The number of nitrogens with one attached hydrogen (secondary N) is 3. The van der Waals surface area contributed by atoms with E-state index in [0.717, 1.165) is 4.90 Å². The maximum absolute atomic E-state index is 12.0. The monoisotopic (exact) mass is 385 g/mol. The molecule has 7 heteroatoms. The van der Waals surface area contributed by atoms with Crippen LogP contribution in [0.25, 0.3) is 0 Å². The van der Waals surface area contributed by atoms with Gasteiger partial charge in [0.15, 0.2) is 0 Å². The van der Waals surface area contributed by atoms with Gasteiger partial charge in [-0.25, -0.2) is 0 Å². The van der Waals surface area contributed by atoms with Gasteiger partial charge in [0, 0.05) is 48.3 Å². The van der Waals surface area contributed by atoms with E-state index in [1.54, 1.807) is 36.0 Å². The van der Waals surface area contributed by atoms with E-state index in [2.05, 4.69) is 16.0 Å². The molecule has 0 radical (unpaired) electrons. The molecule has 0 aliphatic carbocycles. The van der Waals surface area contributed by atoms with E-state index in [0.29, 0.717) is 36.5 Å². The Balaban J connectivity index is 1.71. The van der Waals surface area contributed by atoms with Crippen molar-refractivity contribution in [2.45, 2.75) is 18.2 Å². The Morgan fingerprint density at radius 1 is 0.889 bits per heavy atom. The van der Waals surface area contributed by atoms with Gasteiger partial charge in [-0.2, -0.15) is 0 Å². The number of benzene rings is 2. The first-order valence-corrected chi connectivity index (χ1v) is 9.63. The lowest BCUT2D eigenvalue weighted by Gasteiger charge is -2.08. The van der Waals surface area contributed by atoms with Crippen molar-refractivity contribution >= 4 is 35.2 Å². The Bertz CT molecular complexity index is 764. The zero-order valence-electron chi connectivity index (χ0n) is 15.2. The van der Waals surface area contributed by atoms with Crippen molar-refractivity contribution in [3.8, 4) is 0 Å². The first-order valence-electron chi connectivity index (χ1n) is 8.65. The van der Waals surface area contributed by atoms with Crippen molar-refractivity contribution in [2.75, 3.05) is 24.2 Å². The molecule has 0 fully saturated rings. The van der Waals surface area contributed by atoms with Gasteiger partial charge >= 0.3 is 0 Å². The van der Waals surface area contributed by atoms with Crippen LogP contribution in [0.1, 0.15) is 23.7 Å². The average molecular weight is 385 g/mol. The van der Waals surface area contributed by atoms with Gasteiger partial charge in [0.25, 0.3) is 5.91 Å². The second-order valence-corrected chi connectivity index (χ2v) is 6.94. The second kappa shape index (κ2) is 11.0. The average Bonchev–Trinajstić information content (AvgIpc) is 2.66. The number of amides is 3. The fourth-order valence-corrected chi connectivity index (χ4v) is 3.10. The quantitative estimate of drug-likeness (QED) is 0.457. The molecule has 2 aromatic rings. The molecule has 0 spiro atoms. The van der Waals surface area contributed by atoms with E-state index < -0.39 is 0 Å². The first-order chi connectivity index (χ1) is 13.0. The van der Waals surface area contributed by atoms with Crippen LogP contribution in [0.4, 0.5) is 5.69 Å².